The Bertz CT molecular complexity index is 1620. The Kier molecular flexibility index (Phi) is 6.70. The highest BCUT2D eigenvalue weighted by atomic mass is 32.1. The van der Waals surface area contributed by atoms with E-state index >= 15 is 0 Å². The number of halogens is 1. The van der Waals surface area contributed by atoms with Crippen molar-refractivity contribution in [2.24, 2.45) is 5.10 Å². The van der Waals surface area contributed by atoms with E-state index in [0.29, 0.717) is 43.7 Å². The monoisotopic (exact) mass is 515 g/mol. The maximum absolute atomic E-state index is 13.8. The van der Waals surface area contributed by atoms with Gasteiger partial charge in [0.1, 0.15) is 5.82 Å². The van der Waals surface area contributed by atoms with Crippen LogP contribution in [0.15, 0.2) is 77.9 Å². The molecule has 0 aliphatic rings. The molecule has 0 aliphatic carbocycles. The van der Waals surface area contributed by atoms with Gasteiger partial charge >= 0.3 is 0 Å². The maximum atomic E-state index is 13.8. The molecule has 7 nitrogen and oxygen atoms in total. The summed E-state index contributed by atoms with van der Waals surface area (Å²) < 4.78 is 30.7. The number of methoxy groups -OCH3 is 3. The number of carbonyl (C=O) groups excluding carboxylic acids is 1. The topological polar surface area (TPSA) is 73.2 Å². The van der Waals surface area contributed by atoms with Crippen LogP contribution in [0.5, 0.6) is 17.2 Å². The highest BCUT2D eigenvalue weighted by Gasteiger charge is 2.22. The van der Waals surface area contributed by atoms with Crippen LogP contribution in [-0.4, -0.2) is 38.4 Å². The molecule has 0 atom stereocenters. The first-order valence-electron chi connectivity index (χ1n) is 11.2. The van der Waals surface area contributed by atoms with Crippen LogP contribution in [0.25, 0.3) is 21.0 Å². The summed E-state index contributed by atoms with van der Waals surface area (Å²) in [5.74, 6) is 0.585. The molecule has 0 radical (unpaired) electrons. The number of ether oxygens (including phenoxy) is 3. The van der Waals surface area contributed by atoms with E-state index in [1.54, 1.807) is 24.3 Å². The fourth-order valence-corrected chi connectivity index (χ4v) is 4.86. The van der Waals surface area contributed by atoms with Crippen molar-refractivity contribution in [1.82, 2.24) is 4.98 Å². The first-order valence-corrected chi connectivity index (χ1v) is 12.1. The van der Waals surface area contributed by atoms with Gasteiger partial charge < -0.3 is 14.2 Å². The quantitative estimate of drug-likeness (QED) is 0.188. The fourth-order valence-electron chi connectivity index (χ4n) is 3.91. The number of amides is 1. The molecule has 0 aliphatic heterocycles. The zero-order valence-electron chi connectivity index (χ0n) is 20.3. The van der Waals surface area contributed by atoms with Gasteiger partial charge in [-0.2, -0.15) is 10.1 Å². The summed E-state index contributed by atoms with van der Waals surface area (Å²) in [6.07, 6.45) is 1.51. The highest BCUT2D eigenvalue weighted by molar-refractivity contribution is 7.22. The minimum Gasteiger partial charge on any atom is -0.493 e. The summed E-state index contributed by atoms with van der Waals surface area (Å²) in [6.45, 7) is 0. The molecule has 1 heterocycles. The van der Waals surface area contributed by atoms with Crippen LogP contribution in [0, 0.1) is 5.82 Å². The Morgan fingerprint density at radius 1 is 0.919 bits per heavy atom. The highest BCUT2D eigenvalue weighted by Crippen LogP contribution is 2.38. The number of benzene rings is 4. The van der Waals surface area contributed by atoms with Crippen molar-refractivity contribution in [2.45, 2.75) is 0 Å². The van der Waals surface area contributed by atoms with Crippen molar-refractivity contribution in [2.75, 3.05) is 26.3 Å². The number of nitrogens with zero attached hydrogens (tertiary/aromatic N) is 3. The van der Waals surface area contributed by atoms with Crippen molar-refractivity contribution in [3.63, 3.8) is 0 Å². The third kappa shape index (κ3) is 4.81. The molecule has 37 heavy (non-hydrogen) atoms. The molecule has 0 N–H and O–H groups in total. The third-order valence-corrected chi connectivity index (χ3v) is 6.71. The molecule has 0 saturated heterocycles. The van der Waals surface area contributed by atoms with Gasteiger partial charge in [-0.1, -0.05) is 41.7 Å². The minimum absolute atomic E-state index is 0.308. The number of hydrazone groups is 1. The van der Waals surface area contributed by atoms with Gasteiger partial charge in [-0.25, -0.2) is 9.37 Å². The number of fused-ring (bicyclic) bond motifs is 2. The second-order valence-corrected chi connectivity index (χ2v) is 9.00. The number of hydrogen-bond donors (Lipinski definition) is 0. The van der Waals surface area contributed by atoms with Crippen molar-refractivity contribution >= 4 is 49.6 Å². The molecule has 4 aromatic carbocycles. The van der Waals surface area contributed by atoms with E-state index < -0.39 is 0 Å². The van der Waals surface area contributed by atoms with Crippen molar-refractivity contribution in [1.29, 1.82) is 0 Å². The maximum Gasteiger partial charge on any atom is 0.280 e. The normalized spacial score (nSPS) is 11.2. The second-order valence-electron chi connectivity index (χ2n) is 7.99. The van der Waals surface area contributed by atoms with E-state index in [9.17, 15) is 9.18 Å². The molecule has 1 aromatic heterocycles. The predicted molar refractivity (Wildman–Crippen MR) is 144 cm³/mol. The van der Waals surface area contributed by atoms with Crippen LogP contribution < -0.4 is 19.2 Å². The summed E-state index contributed by atoms with van der Waals surface area (Å²) in [4.78, 5) is 18.3. The van der Waals surface area contributed by atoms with Crippen LogP contribution in [0.1, 0.15) is 15.9 Å². The minimum atomic E-state index is -0.381. The van der Waals surface area contributed by atoms with Gasteiger partial charge in [0.2, 0.25) is 10.9 Å². The molecule has 5 rings (SSSR count). The van der Waals surface area contributed by atoms with Crippen LogP contribution >= 0.6 is 11.3 Å². The van der Waals surface area contributed by atoms with Gasteiger partial charge in [-0.15, -0.1) is 0 Å². The Morgan fingerprint density at radius 3 is 2.35 bits per heavy atom. The van der Waals surface area contributed by atoms with Gasteiger partial charge in [-0.05, 0) is 53.2 Å². The SMILES string of the molecule is COc1cc(/C=N/N(C(=O)c2ccc3ccccc3c2)c2nc3ccc(F)cc3s2)cc(OC)c1OC. The average molecular weight is 516 g/mol. The van der Waals surface area contributed by atoms with E-state index in [1.165, 1.54) is 56.0 Å². The zero-order valence-corrected chi connectivity index (χ0v) is 21.1. The predicted octanol–water partition coefficient (Wildman–Crippen LogP) is 6.30. The number of hydrogen-bond acceptors (Lipinski definition) is 7. The summed E-state index contributed by atoms with van der Waals surface area (Å²) in [5.41, 5.74) is 1.62. The lowest BCUT2D eigenvalue weighted by atomic mass is 10.1. The van der Waals surface area contributed by atoms with Crippen LogP contribution in [0.2, 0.25) is 0 Å². The standard InChI is InChI=1S/C28H22FN3O4S/c1-34-23-12-17(13-24(35-2)26(23)36-3)16-30-32(28-31-22-11-10-21(29)15-25(22)37-28)27(33)20-9-8-18-6-4-5-7-19(18)14-20/h4-16H,1-3H3/b30-16+. The van der Waals surface area contributed by atoms with E-state index in [1.807, 2.05) is 36.4 Å². The summed E-state index contributed by atoms with van der Waals surface area (Å²) in [6, 6.07) is 21.0. The van der Waals surface area contributed by atoms with Crippen LogP contribution in [0.4, 0.5) is 9.52 Å². The summed E-state index contributed by atoms with van der Waals surface area (Å²) in [5, 5.41) is 7.97. The van der Waals surface area contributed by atoms with Crippen molar-refractivity contribution in [3.05, 3.63) is 89.7 Å². The number of aromatic nitrogens is 1. The molecule has 0 bridgehead atoms. The van der Waals surface area contributed by atoms with Crippen molar-refractivity contribution in [3.8, 4) is 17.2 Å². The van der Waals surface area contributed by atoms with Gasteiger partial charge in [0.25, 0.3) is 5.91 Å². The molecular formula is C28H22FN3O4S. The summed E-state index contributed by atoms with van der Waals surface area (Å²) >= 11 is 1.17. The number of carbonyl (C=O) groups is 1. The molecule has 5 aromatic rings. The summed E-state index contributed by atoms with van der Waals surface area (Å²) in [7, 11) is 4.57. The first kappa shape index (κ1) is 24.2. The lowest BCUT2D eigenvalue weighted by molar-refractivity contribution is 0.0988. The largest absolute Gasteiger partial charge is 0.493 e. The number of anilines is 1. The molecule has 0 fully saturated rings. The lowest BCUT2D eigenvalue weighted by Gasteiger charge is -2.15. The van der Waals surface area contributed by atoms with Crippen molar-refractivity contribution < 1.29 is 23.4 Å². The Labute approximate surface area is 216 Å². The van der Waals surface area contributed by atoms with Gasteiger partial charge in [-0.3, -0.25) is 4.79 Å². The lowest BCUT2D eigenvalue weighted by Crippen LogP contribution is -2.25. The molecule has 0 spiro atoms. The molecule has 1 amide bonds. The van der Waals surface area contributed by atoms with E-state index in [0.717, 1.165) is 10.8 Å². The molecule has 0 saturated carbocycles. The smallest absolute Gasteiger partial charge is 0.280 e. The van der Waals surface area contributed by atoms with E-state index in [-0.39, 0.29) is 11.7 Å². The van der Waals surface area contributed by atoms with E-state index in [4.69, 9.17) is 14.2 Å². The molecule has 0 unspecified atom stereocenters. The van der Waals surface area contributed by atoms with Crippen LogP contribution in [-0.2, 0) is 0 Å². The molecule has 186 valence electrons. The average Bonchev–Trinajstić information content (AvgIpc) is 3.34. The third-order valence-electron chi connectivity index (χ3n) is 5.72. The second kappa shape index (κ2) is 10.2. The fraction of sp³-hybridized carbons (Fsp3) is 0.107. The van der Waals surface area contributed by atoms with E-state index in [2.05, 4.69) is 10.1 Å². The van der Waals surface area contributed by atoms with Gasteiger partial charge in [0, 0.05) is 11.1 Å². The Balaban J connectivity index is 1.60. The molecule has 9 heteroatoms. The van der Waals surface area contributed by atoms with Gasteiger partial charge in [0.05, 0.1) is 37.8 Å². The first-order chi connectivity index (χ1) is 18.0. The Morgan fingerprint density at radius 2 is 1.65 bits per heavy atom. The number of thiazole rings is 1. The molecular weight excluding hydrogens is 493 g/mol. The zero-order chi connectivity index (χ0) is 25.9. The Hall–Kier alpha value is -4.50. The van der Waals surface area contributed by atoms with Crippen LogP contribution in [0.3, 0.4) is 0 Å². The van der Waals surface area contributed by atoms with Gasteiger partial charge in [0.15, 0.2) is 11.5 Å². The number of rotatable bonds is 7.